The van der Waals surface area contributed by atoms with Gasteiger partial charge in [0.25, 0.3) is 0 Å². The summed E-state index contributed by atoms with van der Waals surface area (Å²) >= 11 is 1.99. The topological polar surface area (TPSA) is 4.93 Å². The fourth-order valence-electron chi connectivity index (χ4n) is 3.58. The number of benzene rings is 2. The molecule has 0 unspecified atom stereocenters. The molecule has 1 aromatic heterocycles. The van der Waals surface area contributed by atoms with Gasteiger partial charge in [-0.15, -0.1) is 11.8 Å². The third-order valence-corrected chi connectivity index (χ3v) is 6.02. The summed E-state index contributed by atoms with van der Waals surface area (Å²) in [5.41, 5.74) is 6.73. The van der Waals surface area contributed by atoms with Gasteiger partial charge in [-0.1, -0.05) is 77.4 Å². The zero-order chi connectivity index (χ0) is 20.7. The number of aryl methyl sites for hydroxylation is 1. The van der Waals surface area contributed by atoms with Gasteiger partial charge in [0.1, 0.15) is 0 Å². The molecule has 1 heterocycles. The number of rotatable bonds is 4. The second kappa shape index (κ2) is 9.20. The van der Waals surface area contributed by atoms with Crippen LogP contribution in [-0.2, 0) is 45.7 Å². The number of hydrogen-bond acceptors (Lipinski definition) is 1. The first-order valence-corrected chi connectivity index (χ1v) is 11.0. The zero-order valence-corrected chi connectivity index (χ0v) is 22.8. The van der Waals surface area contributed by atoms with Gasteiger partial charge in [0.05, 0.1) is 0 Å². The molecule has 1 nitrogen and oxygen atoms in total. The summed E-state index contributed by atoms with van der Waals surface area (Å²) in [5.74, 6) is 0. The molecule has 2 aromatic carbocycles. The van der Waals surface area contributed by atoms with Gasteiger partial charge in [-0.2, -0.15) is 24.6 Å². The minimum absolute atomic E-state index is 0. The van der Waals surface area contributed by atoms with E-state index in [1.807, 2.05) is 11.8 Å². The Kier molecular flexibility index (Phi) is 7.80. The molecule has 0 saturated carbocycles. The van der Waals surface area contributed by atoms with Crippen molar-refractivity contribution in [1.29, 1.82) is 0 Å². The molecule has 0 fully saturated rings. The quantitative estimate of drug-likeness (QED) is 0.274. The summed E-state index contributed by atoms with van der Waals surface area (Å²) in [6, 6.07) is 15.6. The molecule has 0 N–H and O–H groups in total. The van der Waals surface area contributed by atoms with E-state index >= 15 is 0 Å². The van der Waals surface area contributed by atoms with E-state index in [1.54, 1.807) is 0 Å². The molecule has 0 bridgehead atoms. The molecule has 1 radical (unpaired) electrons. The van der Waals surface area contributed by atoms with Crippen molar-refractivity contribution in [1.82, 2.24) is 4.57 Å². The Labute approximate surface area is 206 Å². The van der Waals surface area contributed by atoms with E-state index in [1.165, 1.54) is 32.6 Å². The molecule has 0 aliphatic rings. The summed E-state index contributed by atoms with van der Waals surface area (Å²) in [5, 5.41) is 1.35. The van der Waals surface area contributed by atoms with Gasteiger partial charge < -0.3 is 4.57 Å². The first-order chi connectivity index (χ1) is 12.9. The summed E-state index contributed by atoms with van der Waals surface area (Å²) in [7, 11) is 0. The molecule has 3 rings (SSSR count). The van der Waals surface area contributed by atoms with Crippen molar-refractivity contribution in [3.63, 3.8) is 0 Å². The fourth-order valence-corrected chi connectivity index (χ4v) is 4.76. The molecule has 0 aliphatic carbocycles. The Balaban J connectivity index is 0.00000300. The van der Waals surface area contributed by atoms with Crippen molar-refractivity contribution in [3.8, 4) is 0 Å². The van der Waals surface area contributed by atoms with Gasteiger partial charge in [-0.25, -0.2) is 0 Å². The standard InChI is InChI=1S/C26H34NS.Y/c1-18-9-12-20(13-10-18)17-27-22-14-11-19(2)15-21(22)24(28-26(6,7)8)23(27)16-25(3,4)5;/h9-15H,2,16-17H2,1,3-8H3;/q-1;. The molecule has 0 amide bonds. The number of aromatic nitrogens is 1. The maximum atomic E-state index is 4.20. The van der Waals surface area contributed by atoms with Crippen LogP contribution in [0.5, 0.6) is 0 Å². The Morgan fingerprint density at radius 2 is 1.55 bits per heavy atom. The van der Waals surface area contributed by atoms with Crippen LogP contribution in [0, 0.1) is 19.3 Å². The monoisotopic (exact) mass is 481 g/mol. The third kappa shape index (κ3) is 6.39. The molecular formula is C26H34NSY-. The second-order valence-electron chi connectivity index (χ2n) is 10.2. The fraction of sp³-hybridized carbons (Fsp3) is 0.423. The molecule has 3 aromatic rings. The molecule has 0 aliphatic heterocycles. The maximum absolute atomic E-state index is 4.20. The molecule has 3 heteroatoms. The van der Waals surface area contributed by atoms with E-state index in [9.17, 15) is 0 Å². The van der Waals surface area contributed by atoms with E-state index in [0.29, 0.717) is 0 Å². The van der Waals surface area contributed by atoms with Crippen LogP contribution in [0.25, 0.3) is 10.9 Å². The molecule has 29 heavy (non-hydrogen) atoms. The number of hydrogen-bond donors (Lipinski definition) is 0. The van der Waals surface area contributed by atoms with Gasteiger partial charge in [0.15, 0.2) is 0 Å². The third-order valence-electron chi connectivity index (χ3n) is 4.75. The Hall–Kier alpha value is -0.696. The average molecular weight is 482 g/mol. The van der Waals surface area contributed by atoms with E-state index in [4.69, 9.17) is 0 Å². The first-order valence-electron chi connectivity index (χ1n) is 10.1. The minimum Gasteiger partial charge on any atom is -0.341 e. The summed E-state index contributed by atoms with van der Waals surface area (Å²) < 4.78 is 2.70. The van der Waals surface area contributed by atoms with Gasteiger partial charge >= 0.3 is 0 Å². The van der Waals surface area contributed by atoms with Gasteiger partial charge in [-0.3, -0.25) is 0 Å². The molecule has 0 saturated heterocycles. The van der Waals surface area contributed by atoms with Crippen molar-refractivity contribution < 1.29 is 32.7 Å². The predicted molar refractivity (Wildman–Crippen MR) is 125 cm³/mol. The normalized spacial score (nSPS) is 12.2. The Morgan fingerprint density at radius 1 is 0.931 bits per heavy atom. The van der Waals surface area contributed by atoms with Crippen LogP contribution in [0.15, 0.2) is 47.4 Å². The summed E-state index contributed by atoms with van der Waals surface area (Å²) in [6.45, 7) is 21.2. The van der Waals surface area contributed by atoms with Crippen molar-refractivity contribution in [2.24, 2.45) is 5.41 Å². The van der Waals surface area contributed by atoms with Crippen LogP contribution in [-0.4, -0.2) is 9.31 Å². The van der Waals surface area contributed by atoms with Crippen LogP contribution in [0.3, 0.4) is 0 Å². The Morgan fingerprint density at radius 3 is 2.10 bits per heavy atom. The summed E-state index contributed by atoms with van der Waals surface area (Å²) in [4.78, 5) is 1.43. The van der Waals surface area contributed by atoms with E-state index in [0.717, 1.165) is 18.5 Å². The van der Waals surface area contributed by atoms with Gasteiger partial charge in [0, 0.05) is 60.1 Å². The van der Waals surface area contributed by atoms with Crippen LogP contribution in [0.2, 0.25) is 0 Å². The van der Waals surface area contributed by atoms with Gasteiger partial charge in [0.2, 0.25) is 0 Å². The van der Waals surface area contributed by atoms with Crippen molar-refractivity contribution in [2.45, 2.75) is 71.1 Å². The van der Waals surface area contributed by atoms with Crippen LogP contribution < -0.4 is 0 Å². The van der Waals surface area contributed by atoms with Crippen molar-refractivity contribution >= 4 is 22.7 Å². The number of nitrogens with zero attached hydrogens (tertiary/aromatic N) is 1. The summed E-state index contributed by atoms with van der Waals surface area (Å²) in [6.07, 6.45) is 1.05. The molecule has 0 spiro atoms. The molecule has 0 atom stereocenters. The van der Waals surface area contributed by atoms with E-state index in [2.05, 4.69) is 102 Å². The smallest absolute Gasteiger partial charge is 0.0478 e. The van der Waals surface area contributed by atoms with Crippen LogP contribution >= 0.6 is 11.8 Å². The molecular weight excluding hydrogens is 447 g/mol. The molecule has 153 valence electrons. The van der Waals surface area contributed by atoms with E-state index < -0.39 is 0 Å². The predicted octanol–water partition coefficient (Wildman–Crippen LogP) is 7.66. The maximum Gasteiger partial charge on any atom is 0.0478 e. The SMILES string of the molecule is [CH2-]c1ccc2c(c1)c(SC(C)(C)C)c(CC(C)(C)C)n2Cc1ccc(C)cc1.[Y]. The Bertz CT molecular complexity index is 969. The second-order valence-corrected chi connectivity index (χ2v) is 12.0. The van der Waals surface area contributed by atoms with Crippen LogP contribution in [0.1, 0.15) is 63.9 Å². The van der Waals surface area contributed by atoms with Crippen molar-refractivity contribution in [2.75, 3.05) is 0 Å². The van der Waals surface area contributed by atoms with Crippen molar-refractivity contribution in [3.05, 3.63) is 71.8 Å². The first kappa shape index (κ1) is 24.6. The average Bonchev–Trinajstić information content (AvgIpc) is 2.80. The largest absolute Gasteiger partial charge is 0.341 e. The number of fused-ring (bicyclic) bond motifs is 1. The van der Waals surface area contributed by atoms with Gasteiger partial charge in [-0.05, 0) is 29.7 Å². The number of thioether (sulfide) groups is 1. The van der Waals surface area contributed by atoms with Crippen LogP contribution in [0.4, 0.5) is 0 Å². The minimum atomic E-state index is 0. The zero-order valence-electron chi connectivity index (χ0n) is 19.1. The van der Waals surface area contributed by atoms with E-state index in [-0.39, 0.29) is 42.9 Å².